The van der Waals surface area contributed by atoms with Crippen molar-refractivity contribution in [2.75, 3.05) is 13.7 Å². The summed E-state index contributed by atoms with van der Waals surface area (Å²) < 4.78 is 10.8. The Kier molecular flexibility index (Phi) is 4.98. The fraction of sp³-hybridized carbons (Fsp3) is 0.882. The molecule has 0 spiro atoms. The van der Waals surface area contributed by atoms with E-state index in [-0.39, 0.29) is 16.3 Å². The second-order valence-electron chi connectivity index (χ2n) is 7.27. The van der Waals surface area contributed by atoms with Crippen molar-refractivity contribution in [3.05, 3.63) is 0 Å². The predicted octanol–water partition coefficient (Wildman–Crippen LogP) is 3.57. The van der Waals surface area contributed by atoms with Gasteiger partial charge >= 0.3 is 5.97 Å². The van der Waals surface area contributed by atoms with Gasteiger partial charge in [-0.05, 0) is 32.6 Å². The summed E-state index contributed by atoms with van der Waals surface area (Å²) in [5, 5.41) is 0.260. The number of carbonyl (C=O) groups excluding carboxylic acids is 2. The van der Waals surface area contributed by atoms with Crippen LogP contribution in [0.25, 0.3) is 0 Å². The third-order valence-electron chi connectivity index (χ3n) is 5.94. The largest absolute Gasteiger partial charge is 0.449 e. The minimum atomic E-state index is -0.942. The molecule has 5 heteroatoms. The van der Waals surface area contributed by atoms with Crippen LogP contribution >= 0.6 is 11.8 Å². The Hall–Kier alpha value is -0.550. The molecule has 0 N–H and O–H groups in total. The molecule has 22 heavy (non-hydrogen) atoms. The van der Waals surface area contributed by atoms with Gasteiger partial charge in [-0.2, -0.15) is 0 Å². The van der Waals surface area contributed by atoms with Gasteiger partial charge in [-0.1, -0.05) is 39.0 Å². The highest BCUT2D eigenvalue weighted by Crippen LogP contribution is 2.66. The highest BCUT2D eigenvalue weighted by atomic mass is 32.2. The van der Waals surface area contributed by atoms with Crippen LogP contribution in [0, 0.1) is 10.8 Å². The molecule has 3 atom stereocenters. The minimum absolute atomic E-state index is 0.0293. The number of esters is 1. The van der Waals surface area contributed by atoms with Crippen molar-refractivity contribution in [1.82, 2.24) is 0 Å². The van der Waals surface area contributed by atoms with E-state index < -0.39 is 16.4 Å². The molecular formula is C17H28O4S. The fourth-order valence-electron chi connectivity index (χ4n) is 3.78. The van der Waals surface area contributed by atoms with Crippen LogP contribution in [0.2, 0.25) is 0 Å². The summed E-state index contributed by atoms with van der Waals surface area (Å²) in [6.45, 7) is 8.73. The lowest BCUT2D eigenvalue weighted by Gasteiger charge is -2.35. The third-order valence-corrected chi connectivity index (χ3v) is 7.29. The summed E-state index contributed by atoms with van der Waals surface area (Å²) in [5.41, 5.74) is -1.92. The van der Waals surface area contributed by atoms with Crippen molar-refractivity contribution < 1.29 is 19.1 Å². The molecule has 4 nitrogen and oxygen atoms in total. The van der Waals surface area contributed by atoms with Gasteiger partial charge in [0, 0.05) is 24.4 Å². The Labute approximate surface area is 137 Å². The van der Waals surface area contributed by atoms with Gasteiger partial charge in [-0.25, -0.2) is 0 Å². The van der Waals surface area contributed by atoms with Crippen molar-refractivity contribution in [3.8, 4) is 0 Å². The number of fused-ring (bicyclic) bond motifs is 2. The lowest BCUT2D eigenvalue weighted by atomic mass is 9.67. The molecule has 2 rings (SSSR count). The van der Waals surface area contributed by atoms with E-state index in [1.165, 1.54) is 11.8 Å². The van der Waals surface area contributed by atoms with Crippen LogP contribution in [0.3, 0.4) is 0 Å². The van der Waals surface area contributed by atoms with Crippen molar-refractivity contribution in [1.29, 1.82) is 0 Å². The van der Waals surface area contributed by atoms with Gasteiger partial charge in [0.1, 0.15) is 0 Å². The number of hydrogen-bond donors (Lipinski definition) is 0. The normalized spacial score (nSPS) is 33.8. The van der Waals surface area contributed by atoms with Crippen LogP contribution in [0.4, 0.5) is 0 Å². The van der Waals surface area contributed by atoms with Crippen molar-refractivity contribution in [3.63, 3.8) is 0 Å². The molecule has 1 heterocycles. The zero-order chi connectivity index (χ0) is 16.6. The maximum absolute atomic E-state index is 13.0. The number of ether oxygens (including phenoxy) is 2. The molecule has 1 saturated heterocycles. The maximum Gasteiger partial charge on any atom is 0.313 e. The minimum Gasteiger partial charge on any atom is -0.449 e. The molecule has 0 radical (unpaired) electrons. The molecule has 2 aliphatic rings. The Morgan fingerprint density at radius 3 is 2.45 bits per heavy atom. The first-order valence-corrected chi connectivity index (χ1v) is 9.06. The van der Waals surface area contributed by atoms with E-state index in [0.29, 0.717) is 13.0 Å². The molecule has 0 aromatic carbocycles. The zero-order valence-corrected chi connectivity index (χ0v) is 15.2. The lowest BCUT2D eigenvalue weighted by molar-refractivity contribution is -0.163. The molecule has 1 aliphatic carbocycles. The van der Waals surface area contributed by atoms with Gasteiger partial charge < -0.3 is 9.47 Å². The quantitative estimate of drug-likeness (QED) is 0.669. The molecule has 0 unspecified atom stereocenters. The van der Waals surface area contributed by atoms with Gasteiger partial charge in [0.05, 0.1) is 5.41 Å². The number of rotatable bonds is 7. The predicted molar refractivity (Wildman–Crippen MR) is 87.7 cm³/mol. The van der Waals surface area contributed by atoms with Crippen molar-refractivity contribution in [2.45, 2.75) is 70.7 Å². The SMILES string of the molecule is CCC[C@@H](CCOC)SC(=O)[C@@]12CC[C@@](C)(C(=O)O1)C2(C)C. The van der Waals surface area contributed by atoms with Gasteiger partial charge in [0.25, 0.3) is 0 Å². The Morgan fingerprint density at radius 2 is 2.00 bits per heavy atom. The van der Waals surface area contributed by atoms with Gasteiger partial charge in [0.2, 0.25) is 5.12 Å². The smallest absolute Gasteiger partial charge is 0.313 e. The third kappa shape index (κ3) is 2.41. The van der Waals surface area contributed by atoms with E-state index >= 15 is 0 Å². The van der Waals surface area contributed by atoms with Crippen LogP contribution < -0.4 is 0 Å². The fourth-order valence-corrected chi connectivity index (χ4v) is 5.24. The Balaban J connectivity index is 2.16. The molecule has 0 amide bonds. The molecule has 2 fully saturated rings. The van der Waals surface area contributed by atoms with E-state index in [2.05, 4.69) is 6.92 Å². The summed E-state index contributed by atoms with van der Waals surface area (Å²) in [6.07, 6.45) is 4.24. The number of methoxy groups -OCH3 is 1. The number of hydrogen-bond acceptors (Lipinski definition) is 5. The summed E-state index contributed by atoms with van der Waals surface area (Å²) in [5.74, 6) is -0.207. The van der Waals surface area contributed by atoms with Crippen LogP contribution in [0.15, 0.2) is 0 Å². The molecular weight excluding hydrogens is 300 g/mol. The maximum atomic E-state index is 13.0. The van der Waals surface area contributed by atoms with E-state index in [4.69, 9.17) is 9.47 Å². The Morgan fingerprint density at radius 1 is 1.32 bits per heavy atom. The second-order valence-corrected chi connectivity index (χ2v) is 8.54. The van der Waals surface area contributed by atoms with Gasteiger partial charge in [0.15, 0.2) is 5.60 Å². The molecule has 126 valence electrons. The van der Waals surface area contributed by atoms with Crippen molar-refractivity contribution >= 4 is 22.8 Å². The second kappa shape index (κ2) is 6.16. The lowest BCUT2D eigenvalue weighted by Crippen LogP contribution is -2.47. The molecule has 0 aromatic heterocycles. The summed E-state index contributed by atoms with van der Waals surface area (Å²) >= 11 is 1.36. The van der Waals surface area contributed by atoms with E-state index in [1.54, 1.807) is 7.11 Å². The topological polar surface area (TPSA) is 52.6 Å². The van der Waals surface area contributed by atoms with Crippen LogP contribution in [-0.2, 0) is 19.1 Å². The summed E-state index contributed by atoms with van der Waals surface area (Å²) in [6, 6.07) is 0. The van der Waals surface area contributed by atoms with E-state index in [9.17, 15) is 9.59 Å². The van der Waals surface area contributed by atoms with E-state index in [0.717, 1.165) is 25.7 Å². The highest BCUT2D eigenvalue weighted by Gasteiger charge is 2.75. The standard InChI is InChI=1S/C17H28O4S/c1-6-7-12(8-11-20-5)22-14(19)17-10-9-16(4,13(18)21-17)15(17,2)3/h12H,6-11H2,1-5H3/t12-,16-,17+/m0/s1. The molecule has 2 bridgehead atoms. The average Bonchev–Trinajstić information content (AvgIpc) is 2.75. The van der Waals surface area contributed by atoms with E-state index in [1.807, 2.05) is 20.8 Å². The first kappa shape index (κ1) is 17.8. The first-order valence-electron chi connectivity index (χ1n) is 8.18. The number of carbonyl (C=O) groups is 2. The monoisotopic (exact) mass is 328 g/mol. The number of thioether (sulfide) groups is 1. The zero-order valence-electron chi connectivity index (χ0n) is 14.4. The Bertz CT molecular complexity index is 462. The van der Waals surface area contributed by atoms with Crippen LogP contribution in [0.5, 0.6) is 0 Å². The van der Waals surface area contributed by atoms with Gasteiger partial charge in [-0.3, -0.25) is 9.59 Å². The average molecular weight is 328 g/mol. The summed E-state index contributed by atoms with van der Waals surface area (Å²) in [7, 11) is 1.68. The molecule has 1 saturated carbocycles. The molecule has 1 aliphatic heterocycles. The highest BCUT2D eigenvalue weighted by molar-refractivity contribution is 8.14. The van der Waals surface area contributed by atoms with Crippen LogP contribution in [0.1, 0.15) is 59.8 Å². The molecule has 0 aromatic rings. The van der Waals surface area contributed by atoms with Crippen LogP contribution in [-0.4, -0.2) is 35.7 Å². The van der Waals surface area contributed by atoms with Crippen molar-refractivity contribution in [2.24, 2.45) is 10.8 Å². The summed E-state index contributed by atoms with van der Waals surface area (Å²) in [4.78, 5) is 25.3. The first-order chi connectivity index (χ1) is 10.2. The van der Waals surface area contributed by atoms with Gasteiger partial charge in [-0.15, -0.1) is 0 Å².